The molecule has 0 saturated heterocycles. The van der Waals surface area contributed by atoms with Crippen LogP contribution in [-0.2, 0) is 16.2 Å². The minimum Gasteiger partial charge on any atom is -0.467 e. The summed E-state index contributed by atoms with van der Waals surface area (Å²) in [5.74, 6) is 0. The molecule has 0 aliphatic heterocycles. The summed E-state index contributed by atoms with van der Waals surface area (Å²) in [6.45, 7) is 25.1. The highest BCUT2D eigenvalue weighted by molar-refractivity contribution is 8.06. The third-order valence-corrected chi connectivity index (χ3v) is 18.6. The molecule has 0 aliphatic carbocycles. The van der Waals surface area contributed by atoms with E-state index in [-0.39, 0.29) is 16.2 Å². The van der Waals surface area contributed by atoms with Crippen LogP contribution in [0.15, 0.2) is 12.1 Å². The van der Waals surface area contributed by atoms with Gasteiger partial charge in [-0.15, -0.1) is 7.74 Å². The molecule has 1 aromatic carbocycles. The van der Waals surface area contributed by atoms with Crippen LogP contribution in [0.3, 0.4) is 0 Å². The maximum Gasteiger partial charge on any atom is 0.308 e. The Morgan fingerprint density at radius 3 is 1.27 bits per heavy atom. The van der Waals surface area contributed by atoms with E-state index < -0.39 is 16.2 Å². The van der Waals surface area contributed by atoms with Crippen LogP contribution in [0, 0.1) is 0 Å². The summed E-state index contributed by atoms with van der Waals surface area (Å²) >= 11 is 0. The lowest BCUT2D eigenvalue weighted by molar-refractivity contribution is 0.548. The lowest BCUT2D eigenvalue weighted by Crippen LogP contribution is -2.48. The van der Waals surface area contributed by atoms with Crippen LogP contribution in [0.4, 0.5) is 8.22 Å². The first-order chi connectivity index (χ1) is 11.2. The molecule has 0 amide bonds. The van der Waals surface area contributed by atoms with E-state index >= 15 is 8.22 Å². The van der Waals surface area contributed by atoms with Crippen molar-refractivity contribution in [2.45, 2.75) is 98.2 Å². The second-order valence-electron chi connectivity index (χ2n) is 11.5. The number of hydrogen-bond acceptors (Lipinski definition) is 0. The number of rotatable bonds is 3. The van der Waals surface area contributed by atoms with Crippen molar-refractivity contribution >= 4 is 29.0 Å². The Balaban J connectivity index is 3.98. The summed E-state index contributed by atoms with van der Waals surface area (Å²) in [6.07, 6.45) is 0. The van der Waals surface area contributed by atoms with Crippen LogP contribution in [0.25, 0.3) is 0 Å². The highest BCUT2D eigenvalue weighted by Gasteiger charge is 2.39. The zero-order chi connectivity index (χ0) is 20.9. The van der Waals surface area contributed by atoms with Gasteiger partial charge in [0.25, 0.3) is 0 Å². The highest BCUT2D eigenvalue weighted by atomic mass is 31.6. The average molecular weight is 416 g/mol. The maximum atomic E-state index is 15.8. The Hall–Kier alpha value is -0.0562. The molecular weight excluding hydrogens is 377 g/mol. The van der Waals surface area contributed by atoms with Gasteiger partial charge in [0.2, 0.25) is 0 Å². The second-order valence-corrected chi connectivity index (χ2v) is 26.1. The predicted molar refractivity (Wildman–Crippen MR) is 120 cm³/mol. The molecule has 0 N–H and O–H groups in total. The molecule has 0 unspecified atom stereocenters. The van der Waals surface area contributed by atoms with Crippen LogP contribution < -0.4 is 5.19 Å². The molecule has 0 saturated carbocycles. The molecule has 0 fully saturated rings. The Bertz CT molecular complexity index is 620. The first kappa shape index (κ1) is 24.0. The molecule has 0 heterocycles. The van der Waals surface area contributed by atoms with Gasteiger partial charge in [-0.25, -0.2) is 0 Å². The number of halogens is 2. The van der Waals surface area contributed by atoms with Crippen molar-refractivity contribution in [1.29, 1.82) is 0 Å². The Kier molecular flexibility index (Phi) is 6.53. The van der Waals surface area contributed by atoms with E-state index in [1.807, 2.05) is 19.6 Å². The fraction of sp³-hybridized carbons (Fsp3) is 0.714. The normalized spacial score (nSPS) is 15.2. The van der Waals surface area contributed by atoms with Crippen LogP contribution in [-0.4, -0.2) is 16.2 Å². The molecule has 0 radical (unpaired) electrons. The summed E-state index contributed by atoms with van der Waals surface area (Å²) in [6, 6.07) is 4.15. The standard InChI is InChI=1S/C21H38F2PSi2/c1-19(2,3)15-13-16(20(4,5)6)18(17(14-15)21(7,8)9)26(22,23)24-25(10,11)12/h13-14H,1-12H3/q-1. The van der Waals surface area contributed by atoms with E-state index in [4.69, 9.17) is 0 Å². The van der Waals surface area contributed by atoms with Gasteiger partial charge in [0.1, 0.15) is 0 Å². The minimum atomic E-state index is -4.57. The molecular formula is C21H38F2PSi2-. The van der Waals surface area contributed by atoms with Crippen LogP contribution in [0.2, 0.25) is 19.6 Å². The van der Waals surface area contributed by atoms with E-state index in [0.29, 0.717) is 12.9 Å². The van der Waals surface area contributed by atoms with Gasteiger partial charge in [-0.1, -0.05) is 94.1 Å². The zero-order valence-corrected chi connectivity index (χ0v) is 21.8. The zero-order valence-electron chi connectivity index (χ0n) is 18.9. The highest BCUT2D eigenvalue weighted by Crippen LogP contribution is 2.43. The monoisotopic (exact) mass is 415 g/mol. The summed E-state index contributed by atoms with van der Waals surface area (Å²) < 4.78 is 31.6. The van der Waals surface area contributed by atoms with E-state index in [1.54, 1.807) is 0 Å². The summed E-state index contributed by atoms with van der Waals surface area (Å²) in [5, 5.41) is 0.412. The Labute approximate surface area is 164 Å². The van der Waals surface area contributed by atoms with E-state index in [0.717, 1.165) is 16.7 Å². The predicted octanol–water partition coefficient (Wildman–Crippen LogP) is 7.45. The van der Waals surface area contributed by atoms with Gasteiger partial charge in [0.05, 0.1) is 0 Å². The first-order valence-electron chi connectivity index (χ1n) is 9.48. The van der Waals surface area contributed by atoms with Crippen molar-refractivity contribution in [3.05, 3.63) is 28.8 Å². The Morgan fingerprint density at radius 2 is 1.04 bits per heavy atom. The third kappa shape index (κ3) is 5.97. The summed E-state index contributed by atoms with van der Waals surface area (Å²) in [7, 11) is -6.05. The smallest absolute Gasteiger partial charge is 0.308 e. The van der Waals surface area contributed by atoms with Crippen LogP contribution in [0.1, 0.15) is 79.0 Å². The quantitative estimate of drug-likeness (QED) is 0.273. The van der Waals surface area contributed by atoms with Crippen molar-refractivity contribution in [3.8, 4) is 0 Å². The Morgan fingerprint density at radius 1 is 0.692 bits per heavy atom. The van der Waals surface area contributed by atoms with E-state index in [1.165, 1.54) is 0 Å². The summed E-state index contributed by atoms with van der Waals surface area (Å²) in [5.41, 5.74) is 2.20. The second kappa shape index (κ2) is 7.08. The third-order valence-electron chi connectivity index (χ3n) is 4.40. The summed E-state index contributed by atoms with van der Waals surface area (Å²) in [4.78, 5) is 0. The molecule has 0 bridgehead atoms. The minimum absolute atomic E-state index is 0.0636. The van der Waals surface area contributed by atoms with Gasteiger partial charge in [-0.05, 0) is 38.1 Å². The van der Waals surface area contributed by atoms with Crippen molar-refractivity contribution in [3.63, 3.8) is 0 Å². The maximum absolute atomic E-state index is 15.8. The lowest BCUT2D eigenvalue weighted by atomic mass is 9.75. The SMILES string of the molecule is CC(C)(C)c1cc(C(C)(C)C)c([Si](F)(F)[P-][Si](C)(C)C)c(C(C)(C)C)c1. The first-order valence-corrected chi connectivity index (χ1v) is 17.3. The van der Waals surface area contributed by atoms with Crippen LogP contribution in [0.5, 0.6) is 0 Å². The van der Waals surface area contributed by atoms with Crippen LogP contribution >= 0.6 is 7.68 Å². The van der Waals surface area contributed by atoms with Crippen molar-refractivity contribution in [2.24, 2.45) is 0 Å². The molecule has 5 heteroatoms. The van der Waals surface area contributed by atoms with Gasteiger partial charge in [-0.3, -0.25) is 8.22 Å². The molecule has 0 spiro atoms. The van der Waals surface area contributed by atoms with Crippen molar-refractivity contribution in [2.75, 3.05) is 0 Å². The molecule has 0 atom stereocenters. The molecule has 1 aromatic rings. The van der Waals surface area contributed by atoms with Gasteiger partial charge in [0.15, 0.2) is 0 Å². The van der Waals surface area contributed by atoms with Crippen molar-refractivity contribution < 1.29 is 8.22 Å². The molecule has 0 aliphatic rings. The molecule has 0 aromatic heterocycles. The average Bonchev–Trinajstić information content (AvgIpc) is 2.30. The number of hydrogen-bond donors (Lipinski definition) is 0. The fourth-order valence-corrected chi connectivity index (χ4v) is 17.7. The largest absolute Gasteiger partial charge is 0.467 e. The van der Waals surface area contributed by atoms with Gasteiger partial charge in [0, 0.05) is 0 Å². The van der Waals surface area contributed by atoms with E-state index in [9.17, 15) is 0 Å². The molecule has 1 rings (SSSR count). The van der Waals surface area contributed by atoms with Crippen molar-refractivity contribution in [1.82, 2.24) is 0 Å². The van der Waals surface area contributed by atoms with Gasteiger partial charge in [-0.2, -0.15) is 0 Å². The fourth-order valence-electron chi connectivity index (χ4n) is 3.06. The molecule has 150 valence electrons. The van der Waals surface area contributed by atoms with Gasteiger partial charge < -0.3 is 7.68 Å². The lowest BCUT2D eigenvalue weighted by Gasteiger charge is -2.43. The molecule has 26 heavy (non-hydrogen) atoms. The van der Waals surface area contributed by atoms with Gasteiger partial charge >= 0.3 is 8.41 Å². The molecule has 0 nitrogen and oxygen atoms in total. The topological polar surface area (TPSA) is 0 Å². The number of benzene rings is 1. The van der Waals surface area contributed by atoms with E-state index in [2.05, 4.69) is 74.4 Å².